The van der Waals surface area contributed by atoms with Crippen molar-refractivity contribution in [3.8, 4) is 84.6 Å². The Balaban J connectivity index is 0.000000130. The lowest BCUT2D eigenvalue weighted by atomic mass is 10.1. The van der Waals surface area contributed by atoms with E-state index in [9.17, 15) is 19.5 Å². The van der Waals surface area contributed by atoms with E-state index in [-0.39, 0.29) is 5.75 Å². The molecule has 0 aliphatic heterocycles. The summed E-state index contributed by atoms with van der Waals surface area (Å²) in [5.74, 6) is 0.451. The van der Waals surface area contributed by atoms with Gasteiger partial charge < -0.3 is 33.9 Å². The van der Waals surface area contributed by atoms with Crippen molar-refractivity contribution in [2.45, 2.75) is 0 Å². The van der Waals surface area contributed by atoms with E-state index in [1.807, 2.05) is 212 Å². The largest absolute Gasteiger partial charge is 0.506 e. The maximum Gasteiger partial charge on any atom is 0.330 e. The van der Waals surface area contributed by atoms with E-state index in [0.29, 0.717) is 34.5 Å². The Kier molecular flexibility index (Phi) is 22.9. The second-order valence-electron chi connectivity index (χ2n) is 21.9. The Morgan fingerprint density at radius 1 is 0.404 bits per heavy atom. The van der Waals surface area contributed by atoms with E-state index in [0.717, 1.165) is 109 Å². The van der Waals surface area contributed by atoms with Gasteiger partial charge in [-0.05, 0) is 183 Å². The molecule has 0 bridgehead atoms. The molecule has 16 heteroatoms. The van der Waals surface area contributed by atoms with E-state index < -0.39 is 17.2 Å². The number of nitrogens with two attached hydrogens (primary N) is 1. The predicted octanol–water partition coefficient (Wildman–Crippen LogP) is 22.0. The van der Waals surface area contributed by atoms with Crippen molar-refractivity contribution < 1.29 is 42.6 Å². The number of aromatic hydroxyl groups is 1. The molecular weight excluding hydrogens is 1390 g/mol. The summed E-state index contributed by atoms with van der Waals surface area (Å²) in [6.45, 7) is 0. The molecule has 0 unspecified atom stereocenters. The van der Waals surface area contributed by atoms with E-state index in [1.54, 1.807) is 42.5 Å². The standard InChI is InChI=1S/C23H17NO3.C22H15NO3.C19H12BrNO.C12H11NO.C7H4BrClO/c1-26-22(25)13-10-16-6-5-9-19(14-16)23-24-20-15-18(11-12-21(20)27-23)17-7-3-2-4-8-17;24-21(25)12-9-15-5-4-8-18(13-15)22-23-19-14-17(10-11-20(19)26-22)16-6-2-1-3-7-16;20-16-8-4-7-15(11-16)19-21-17-12-14(9-10-18(17)22-19)13-5-2-1-3-6-13;13-11-8-10(6-7-12(11)14)9-4-2-1-3-5-9;8-6-3-1-2-5(4-6)7(9)10/h2-15H,1H3;1-14H,(H,24,25);1-12H;1-8,14H,13H2;1-4H/b13-10+;12-9+;;;. The fraction of sp³-hybridized carbons (Fsp3) is 0.0120. The van der Waals surface area contributed by atoms with Crippen LogP contribution in [0.1, 0.15) is 21.5 Å². The van der Waals surface area contributed by atoms with Crippen LogP contribution < -0.4 is 5.73 Å². The summed E-state index contributed by atoms with van der Waals surface area (Å²) >= 11 is 11.9. The van der Waals surface area contributed by atoms with Gasteiger partial charge in [0, 0.05) is 43.4 Å². The number of nitrogens with zero attached hydrogens (tertiary/aromatic N) is 3. The molecule has 3 heterocycles. The fourth-order valence-electron chi connectivity index (χ4n) is 10.1. The van der Waals surface area contributed by atoms with Gasteiger partial charge in [0.1, 0.15) is 22.3 Å². The number of aromatic nitrogens is 3. The summed E-state index contributed by atoms with van der Waals surface area (Å²) in [5, 5.41) is 17.6. The van der Waals surface area contributed by atoms with Gasteiger partial charge in [-0.15, -0.1) is 0 Å². The second-order valence-corrected chi connectivity index (χ2v) is 24.1. The number of hydrogen-bond donors (Lipinski definition) is 3. The number of nitrogen functional groups attached to an aromatic ring is 1. The van der Waals surface area contributed by atoms with Gasteiger partial charge in [0.15, 0.2) is 16.7 Å². The molecule has 15 aromatic rings. The lowest BCUT2D eigenvalue weighted by Crippen LogP contribution is -1.93. The smallest absolute Gasteiger partial charge is 0.330 e. The minimum Gasteiger partial charge on any atom is -0.506 e. The van der Waals surface area contributed by atoms with Crippen LogP contribution >= 0.6 is 43.5 Å². The van der Waals surface area contributed by atoms with Crippen LogP contribution in [-0.2, 0) is 14.3 Å². The zero-order valence-corrected chi connectivity index (χ0v) is 56.8. The average molecular weight is 1450 g/mol. The van der Waals surface area contributed by atoms with Crippen molar-refractivity contribution in [1.29, 1.82) is 0 Å². The number of halogens is 3. The van der Waals surface area contributed by atoms with Crippen LogP contribution in [0.4, 0.5) is 5.69 Å². The number of phenolic OH excluding ortho intramolecular Hbond substituents is 1. The monoisotopic (exact) mass is 1450 g/mol. The number of esters is 1. The van der Waals surface area contributed by atoms with Crippen LogP contribution in [0, 0.1) is 0 Å². The minimum absolute atomic E-state index is 0.129. The second kappa shape index (κ2) is 33.1. The van der Waals surface area contributed by atoms with Crippen LogP contribution in [0.3, 0.4) is 0 Å². The number of anilines is 1. The number of rotatable bonds is 12. The van der Waals surface area contributed by atoms with Crippen molar-refractivity contribution in [2.75, 3.05) is 12.8 Å². The number of oxazole rings is 3. The molecule has 0 atom stereocenters. The molecule has 0 spiro atoms. The van der Waals surface area contributed by atoms with Crippen molar-refractivity contribution >= 4 is 112 Å². The number of hydrogen-bond acceptors (Lipinski definition) is 12. The lowest BCUT2D eigenvalue weighted by Gasteiger charge is -2.03. The Hall–Kier alpha value is -12.0. The van der Waals surface area contributed by atoms with E-state index in [4.69, 9.17) is 35.7 Å². The molecular formula is C83H59Br2ClN4O9. The van der Waals surface area contributed by atoms with Gasteiger partial charge in [-0.25, -0.2) is 24.5 Å². The molecule has 13 nitrogen and oxygen atoms in total. The van der Waals surface area contributed by atoms with Gasteiger partial charge in [-0.1, -0.05) is 220 Å². The highest BCUT2D eigenvalue weighted by atomic mass is 79.9. The first-order valence-corrected chi connectivity index (χ1v) is 32.8. The maximum atomic E-state index is 11.3. The summed E-state index contributed by atoms with van der Waals surface area (Å²) in [6.07, 6.45) is 5.74. The maximum absolute atomic E-state index is 11.3. The Bertz CT molecular complexity index is 5350. The summed E-state index contributed by atoms with van der Waals surface area (Å²) in [7, 11) is 1.35. The number of fused-ring (bicyclic) bond motifs is 3. The van der Waals surface area contributed by atoms with Crippen molar-refractivity contribution in [3.05, 3.63) is 329 Å². The van der Waals surface area contributed by atoms with Crippen LogP contribution in [0.2, 0.25) is 0 Å². The van der Waals surface area contributed by atoms with Gasteiger partial charge in [-0.2, -0.15) is 0 Å². The summed E-state index contributed by atoms with van der Waals surface area (Å²) in [4.78, 5) is 46.3. The van der Waals surface area contributed by atoms with E-state index in [2.05, 4.69) is 100 Å². The molecule has 4 N–H and O–H groups in total. The van der Waals surface area contributed by atoms with Gasteiger partial charge in [-0.3, -0.25) is 4.79 Å². The molecule has 12 aromatic carbocycles. The van der Waals surface area contributed by atoms with E-state index in [1.165, 1.54) is 18.7 Å². The number of carboxylic acid groups (broad SMARTS) is 1. The number of carboxylic acids is 1. The highest BCUT2D eigenvalue weighted by Gasteiger charge is 2.14. The molecule has 99 heavy (non-hydrogen) atoms. The average Bonchev–Trinajstić information content (AvgIpc) is 1.68. The highest BCUT2D eigenvalue weighted by Crippen LogP contribution is 2.34. The molecule has 15 rings (SSSR count). The number of carbonyl (C=O) groups is 3. The number of carbonyl (C=O) groups excluding carboxylic acids is 2. The highest BCUT2D eigenvalue weighted by molar-refractivity contribution is 9.10. The topological polar surface area (TPSA) is 205 Å². The number of benzene rings is 12. The zero-order chi connectivity index (χ0) is 69.0. The van der Waals surface area contributed by atoms with E-state index >= 15 is 0 Å². The normalized spacial score (nSPS) is 10.8. The first kappa shape index (κ1) is 68.4. The first-order valence-electron chi connectivity index (χ1n) is 30.8. The van der Waals surface area contributed by atoms with Crippen LogP contribution in [0.5, 0.6) is 5.75 Å². The third kappa shape index (κ3) is 18.7. The number of phenols is 1. The van der Waals surface area contributed by atoms with Crippen LogP contribution in [0.25, 0.3) is 124 Å². The van der Waals surface area contributed by atoms with Gasteiger partial charge in [0.25, 0.3) is 5.24 Å². The van der Waals surface area contributed by atoms with Crippen LogP contribution in [-0.4, -0.2) is 49.5 Å². The summed E-state index contributed by atoms with van der Waals surface area (Å²) in [6, 6.07) is 93.7. The number of methoxy groups -OCH3 is 1. The van der Waals surface area contributed by atoms with Crippen LogP contribution in [0.15, 0.2) is 326 Å². The molecule has 0 aliphatic rings. The predicted molar refractivity (Wildman–Crippen MR) is 402 cm³/mol. The van der Waals surface area contributed by atoms with Gasteiger partial charge >= 0.3 is 11.9 Å². The Morgan fingerprint density at radius 2 is 0.758 bits per heavy atom. The van der Waals surface area contributed by atoms with Crippen molar-refractivity contribution in [3.63, 3.8) is 0 Å². The first-order chi connectivity index (χ1) is 48.2. The minimum atomic E-state index is -0.981. The summed E-state index contributed by atoms with van der Waals surface area (Å²) < 4.78 is 24.2. The molecule has 0 fully saturated rings. The third-order valence-electron chi connectivity index (χ3n) is 15.0. The quantitative estimate of drug-likeness (QED) is 0.0343. The van der Waals surface area contributed by atoms with Crippen molar-refractivity contribution in [2.24, 2.45) is 0 Å². The molecule has 0 radical (unpaired) electrons. The molecule has 0 aliphatic carbocycles. The molecule has 3 aromatic heterocycles. The third-order valence-corrected chi connectivity index (χ3v) is 16.2. The molecule has 0 saturated heterocycles. The SMILES string of the molecule is Brc1cccc(-c2nc3cc(-c4ccccc4)ccc3o2)c1.COC(=O)/C=C/c1cccc(-c2nc3cc(-c4ccccc4)ccc3o2)c1.Nc1cc(-c2ccccc2)ccc1O.O=C(Cl)c1cccc(Br)c1.O=C(O)/C=C/c1cccc(-c2nc3cc(-c4ccccc4)ccc3o2)c1. The summed E-state index contributed by atoms with van der Waals surface area (Å²) in [5.41, 5.74) is 24.4. The Morgan fingerprint density at radius 3 is 1.12 bits per heavy atom. The van der Waals surface area contributed by atoms with Crippen molar-refractivity contribution in [1.82, 2.24) is 15.0 Å². The van der Waals surface area contributed by atoms with Gasteiger partial charge in [0.2, 0.25) is 17.7 Å². The lowest BCUT2D eigenvalue weighted by molar-refractivity contribution is -0.135. The molecule has 0 amide bonds. The Labute approximate surface area is 591 Å². The fourth-order valence-corrected chi connectivity index (χ4v) is 11.0. The number of ether oxygens (including phenoxy) is 1. The molecule has 0 saturated carbocycles. The number of aliphatic carboxylic acids is 1. The molecule has 486 valence electrons. The van der Waals surface area contributed by atoms with Gasteiger partial charge in [0.05, 0.1) is 12.8 Å². The zero-order valence-electron chi connectivity index (χ0n) is 52.8.